The first-order chi connectivity index (χ1) is 17.2. The summed E-state index contributed by atoms with van der Waals surface area (Å²) in [4.78, 5) is 22.5. The van der Waals surface area contributed by atoms with Crippen molar-refractivity contribution in [3.05, 3.63) is 29.3 Å². The van der Waals surface area contributed by atoms with Crippen molar-refractivity contribution in [2.75, 3.05) is 84.5 Å². The maximum atomic E-state index is 11.4. The van der Waals surface area contributed by atoms with Gasteiger partial charge in [-0.3, -0.25) is 0 Å². The lowest BCUT2D eigenvalue weighted by Gasteiger charge is -2.19. The zero-order valence-corrected chi connectivity index (χ0v) is 21.9. The van der Waals surface area contributed by atoms with Crippen molar-refractivity contribution in [2.45, 2.75) is 33.3 Å². The first kappa shape index (κ1) is 31.6. The summed E-state index contributed by atoms with van der Waals surface area (Å²) in [7, 11) is 0. The Morgan fingerprint density at radius 3 is 1.69 bits per heavy atom. The highest BCUT2D eigenvalue weighted by Crippen LogP contribution is 2.14. The highest BCUT2D eigenvalue weighted by Gasteiger charge is 2.15. The third kappa shape index (κ3) is 17.1. The van der Waals surface area contributed by atoms with Gasteiger partial charge in [-0.15, -0.1) is 0 Å². The summed E-state index contributed by atoms with van der Waals surface area (Å²) in [6, 6.07) is 5.14. The first-order valence-electron chi connectivity index (χ1n) is 12.1. The van der Waals surface area contributed by atoms with Crippen LogP contribution in [0.4, 0.5) is 10.5 Å². The van der Waals surface area contributed by atoms with E-state index in [0.717, 1.165) is 5.69 Å². The van der Waals surface area contributed by atoms with Crippen molar-refractivity contribution in [1.29, 1.82) is 0 Å². The van der Waals surface area contributed by atoms with Crippen LogP contribution in [0.15, 0.2) is 18.2 Å². The molecule has 0 spiro atoms. The van der Waals surface area contributed by atoms with Gasteiger partial charge in [0, 0.05) is 18.8 Å². The summed E-state index contributed by atoms with van der Waals surface area (Å²) < 4.78 is 32.3. The van der Waals surface area contributed by atoms with Crippen LogP contribution < -0.4 is 10.6 Å². The molecule has 0 aliphatic carbocycles. The van der Waals surface area contributed by atoms with Gasteiger partial charge in [-0.1, -0.05) is 0 Å². The maximum Gasteiger partial charge on any atom is 0.407 e. The summed E-state index contributed by atoms with van der Waals surface area (Å²) in [6.07, 6.45) is -0.456. The standard InChI is InChI=1S/C25H42N2O9/c1-20-19-21(5-6-22(20)23(28)29)26-7-9-31-11-13-33-15-17-35-18-16-34-14-12-32-10-8-27-24(30)36-25(2,3)4/h5-6,19,26H,7-18H2,1-4H3,(H,27,30)(H,28,29). The molecule has 1 aromatic carbocycles. The van der Waals surface area contributed by atoms with E-state index in [0.29, 0.717) is 90.3 Å². The minimum absolute atomic E-state index is 0.304. The number of aromatic carboxylic acids is 1. The predicted molar refractivity (Wildman–Crippen MR) is 135 cm³/mol. The average Bonchev–Trinajstić information content (AvgIpc) is 2.79. The Kier molecular flexibility index (Phi) is 16.5. The lowest BCUT2D eigenvalue weighted by atomic mass is 10.1. The van der Waals surface area contributed by atoms with Crippen molar-refractivity contribution in [1.82, 2.24) is 5.32 Å². The van der Waals surface area contributed by atoms with Crippen LogP contribution in [0.3, 0.4) is 0 Å². The van der Waals surface area contributed by atoms with Gasteiger partial charge in [0.25, 0.3) is 0 Å². The number of anilines is 1. The second-order valence-corrected chi connectivity index (χ2v) is 8.75. The minimum atomic E-state index is -0.925. The van der Waals surface area contributed by atoms with E-state index in [2.05, 4.69) is 10.6 Å². The highest BCUT2D eigenvalue weighted by molar-refractivity contribution is 5.89. The fourth-order valence-corrected chi connectivity index (χ4v) is 2.80. The number of rotatable bonds is 20. The monoisotopic (exact) mass is 514 g/mol. The minimum Gasteiger partial charge on any atom is -0.478 e. The van der Waals surface area contributed by atoms with Crippen molar-refractivity contribution in [3.8, 4) is 0 Å². The molecule has 3 N–H and O–H groups in total. The van der Waals surface area contributed by atoms with E-state index in [4.69, 9.17) is 33.5 Å². The zero-order valence-electron chi connectivity index (χ0n) is 21.9. The largest absolute Gasteiger partial charge is 0.478 e. The number of carbonyl (C=O) groups excluding carboxylic acids is 1. The van der Waals surface area contributed by atoms with Crippen LogP contribution in [-0.2, 0) is 28.4 Å². The number of nitrogens with one attached hydrogen (secondary N) is 2. The second kappa shape index (κ2) is 18.8. The fourth-order valence-electron chi connectivity index (χ4n) is 2.80. The summed E-state index contributed by atoms with van der Waals surface area (Å²) in [6.45, 7) is 12.8. The van der Waals surface area contributed by atoms with Gasteiger partial charge >= 0.3 is 12.1 Å². The Labute approximate surface area is 213 Å². The number of alkyl carbamates (subject to hydrolysis) is 1. The van der Waals surface area contributed by atoms with Crippen LogP contribution in [0, 0.1) is 6.92 Å². The molecule has 11 nitrogen and oxygen atoms in total. The molecule has 1 aromatic rings. The molecule has 0 bridgehead atoms. The van der Waals surface area contributed by atoms with Gasteiger partial charge in [0.15, 0.2) is 0 Å². The molecular weight excluding hydrogens is 472 g/mol. The second-order valence-electron chi connectivity index (χ2n) is 8.75. The van der Waals surface area contributed by atoms with Crippen LogP contribution in [0.1, 0.15) is 36.7 Å². The van der Waals surface area contributed by atoms with E-state index in [1.165, 1.54) is 0 Å². The molecule has 0 saturated heterocycles. The van der Waals surface area contributed by atoms with Gasteiger partial charge < -0.3 is 44.2 Å². The van der Waals surface area contributed by atoms with Crippen LogP contribution in [-0.4, -0.2) is 102 Å². The van der Waals surface area contributed by atoms with Crippen LogP contribution in [0.5, 0.6) is 0 Å². The summed E-state index contributed by atoms with van der Waals surface area (Å²) in [5.41, 5.74) is 1.37. The molecule has 0 aliphatic heterocycles. The molecule has 36 heavy (non-hydrogen) atoms. The normalized spacial score (nSPS) is 11.3. The summed E-state index contributed by atoms with van der Waals surface area (Å²) in [5, 5.41) is 14.9. The molecule has 0 aliphatic rings. The number of carboxylic acid groups (broad SMARTS) is 1. The lowest BCUT2D eigenvalue weighted by Crippen LogP contribution is -2.34. The van der Waals surface area contributed by atoms with Gasteiger partial charge in [0.05, 0.1) is 71.6 Å². The number of benzene rings is 1. The highest BCUT2D eigenvalue weighted by atomic mass is 16.6. The number of hydrogen-bond donors (Lipinski definition) is 3. The van der Waals surface area contributed by atoms with Crippen LogP contribution in [0.25, 0.3) is 0 Å². The van der Waals surface area contributed by atoms with E-state index >= 15 is 0 Å². The summed E-state index contributed by atoms with van der Waals surface area (Å²) in [5.74, 6) is -0.925. The fraction of sp³-hybridized carbons (Fsp3) is 0.680. The quantitative estimate of drug-likeness (QED) is 0.223. The average molecular weight is 515 g/mol. The molecule has 0 radical (unpaired) electrons. The molecule has 0 atom stereocenters. The van der Waals surface area contributed by atoms with Gasteiger partial charge in [-0.25, -0.2) is 9.59 Å². The third-order valence-corrected chi connectivity index (χ3v) is 4.43. The van der Waals surface area contributed by atoms with Crippen molar-refractivity contribution in [2.24, 2.45) is 0 Å². The molecular formula is C25H42N2O9. The van der Waals surface area contributed by atoms with E-state index in [1.54, 1.807) is 25.1 Å². The van der Waals surface area contributed by atoms with E-state index < -0.39 is 17.7 Å². The molecule has 0 fully saturated rings. The molecule has 11 heteroatoms. The van der Waals surface area contributed by atoms with Crippen molar-refractivity contribution < 1.29 is 43.1 Å². The van der Waals surface area contributed by atoms with Gasteiger partial charge in [0.2, 0.25) is 0 Å². The van der Waals surface area contributed by atoms with E-state index in [9.17, 15) is 9.59 Å². The third-order valence-electron chi connectivity index (χ3n) is 4.43. The molecule has 1 amide bonds. The van der Waals surface area contributed by atoms with Gasteiger partial charge in [0.1, 0.15) is 5.60 Å². The zero-order chi connectivity index (χ0) is 26.7. The molecule has 206 valence electrons. The van der Waals surface area contributed by atoms with Gasteiger partial charge in [-0.05, 0) is 51.5 Å². The number of carbonyl (C=O) groups is 2. The molecule has 0 unspecified atom stereocenters. The van der Waals surface area contributed by atoms with Crippen LogP contribution in [0.2, 0.25) is 0 Å². The Morgan fingerprint density at radius 2 is 1.25 bits per heavy atom. The lowest BCUT2D eigenvalue weighted by molar-refractivity contribution is -0.0103. The first-order valence-corrected chi connectivity index (χ1v) is 12.1. The van der Waals surface area contributed by atoms with Crippen LogP contribution >= 0.6 is 0 Å². The Hall–Kier alpha value is -2.44. The Balaban J connectivity index is 1.80. The predicted octanol–water partition coefficient (Wildman–Crippen LogP) is 2.71. The number of carboxylic acids is 1. The SMILES string of the molecule is Cc1cc(NCCOCCOCCOCCOCCOCCNC(=O)OC(C)(C)C)ccc1C(=O)O. The van der Waals surface area contributed by atoms with Crippen molar-refractivity contribution >= 4 is 17.7 Å². The van der Waals surface area contributed by atoms with Crippen molar-refractivity contribution in [3.63, 3.8) is 0 Å². The maximum absolute atomic E-state index is 11.4. The summed E-state index contributed by atoms with van der Waals surface area (Å²) >= 11 is 0. The Bertz CT molecular complexity index is 754. The molecule has 0 aromatic heterocycles. The topological polar surface area (TPSA) is 134 Å². The Morgan fingerprint density at radius 1 is 0.778 bits per heavy atom. The number of aryl methyl sites for hydroxylation is 1. The van der Waals surface area contributed by atoms with E-state index in [-0.39, 0.29) is 0 Å². The molecule has 1 rings (SSSR count). The number of amides is 1. The number of ether oxygens (including phenoxy) is 6. The van der Waals surface area contributed by atoms with E-state index in [1.807, 2.05) is 20.8 Å². The molecule has 0 saturated carbocycles. The molecule has 0 heterocycles. The van der Waals surface area contributed by atoms with Gasteiger partial charge in [-0.2, -0.15) is 0 Å². The smallest absolute Gasteiger partial charge is 0.407 e. The number of hydrogen-bond acceptors (Lipinski definition) is 9.